The van der Waals surface area contributed by atoms with Crippen molar-refractivity contribution >= 4 is 23.0 Å². The number of nitrogens with two attached hydrogens (primary N) is 1. The van der Waals surface area contributed by atoms with Gasteiger partial charge in [0.25, 0.3) is 0 Å². The predicted octanol–water partition coefficient (Wildman–Crippen LogP) is 1.87. The summed E-state index contributed by atoms with van der Waals surface area (Å²) in [7, 11) is 4.01. The van der Waals surface area contributed by atoms with E-state index in [9.17, 15) is 0 Å². The van der Waals surface area contributed by atoms with Crippen molar-refractivity contribution in [1.29, 1.82) is 0 Å². The number of nitrogen functional groups attached to an aromatic ring is 1. The normalized spacial score (nSPS) is 10.0. The lowest BCUT2D eigenvalue weighted by Crippen LogP contribution is -2.08. The third kappa shape index (κ3) is 2.84. The monoisotopic (exact) mass is 229 g/mol. The molecule has 2 rings (SSSR count). The Morgan fingerprint density at radius 1 is 1.12 bits per heavy atom. The van der Waals surface area contributed by atoms with Crippen LogP contribution >= 0.6 is 0 Å². The van der Waals surface area contributed by atoms with Gasteiger partial charge in [0, 0.05) is 31.5 Å². The molecule has 0 aliphatic carbocycles. The average Bonchev–Trinajstić information content (AvgIpc) is 2.29. The van der Waals surface area contributed by atoms with Crippen molar-refractivity contribution in [3.63, 3.8) is 0 Å². The first kappa shape index (κ1) is 11.2. The van der Waals surface area contributed by atoms with Crippen LogP contribution in [0.1, 0.15) is 0 Å². The first-order valence-corrected chi connectivity index (χ1v) is 5.27. The van der Waals surface area contributed by atoms with Gasteiger partial charge in [-0.2, -0.15) is 0 Å². The second kappa shape index (κ2) is 4.69. The topological polar surface area (TPSA) is 67.1 Å². The Balaban J connectivity index is 2.14. The van der Waals surface area contributed by atoms with Crippen LogP contribution in [0.2, 0.25) is 0 Å². The van der Waals surface area contributed by atoms with Crippen molar-refractivity contribution in [2.24, 2.45) is 0 Å². The summed E-state index contributed by atoms with van der Waals surface area (Å²) in [6, 6.07) is 9.75. The van der Waals surface area contributed by atoms with E-state index in [1.807, 2.05) is 43.3 Å². The molecule has 1 aromatic carbocycles. The minimum Gasteiger partial charge on any atom is -0.384 e. The fourth-order valence-electron chi connectivity index (χ4n) is 1.43. The standard InChI is InChI=1S/C12H15N5/c1-17(2)10-5-3-9(4-6-10)16-12-7-11(13)14-8-15-12/h3-8H,1-2H3,(H3,13,14,15,16). The minimum absolute atomic E-state index is 0.451. The van der Waals surface area contributed by atoms with Gasteiger partial charge in [0.15, 0.2) is 0 Å². The summed E-state index contributed by atoms with van der Waals surface area (Å²) < 4.78 is 0. The highest BCUT2D eigenvalue weighted by molar-refractivity contribution is 5.61. The third-order valence-electron chi connectivity index (χ3n) is 2.34. The summed E-state index contributed by atoms with van der Waals surface area (Å²) in [4.78, 5) is 9.97. The van der Waals surface area contributed by atoms with E-state index in [4.69, 9.17) is 5.73 Å². The van der Waals surface area contributed by atoms with Gasteiger partial charge in [-0.1, -0.05) is 0 Å². The fraction of sp³-hybridized carbons (Fsp3) is 0.167. The first-order chi connectivity index (χ1) is 8.15. The fourth-order valence-corrected chi connectivity index (χ4v) is 1.43. The van der Waals surface area contributed by atoms with E-state index < -0.39 is 0 Å². The molecule has 88 valence electrons. The van der Waals surface area contributed by atoms with Gasteiger partial charge in [-0.3, -0.25) is 0 Å². The largest absolute Gasteiger partial charge is 0.384 e. The number of anilines is 4. The van der Waals surface area contributed by atoms with E-state index in [0.29, 0.717) is 11.6 Å². The van der Waals surface area contributed by atoms with E-state index in [0.717, 1.165) is 11.4 Å². The molecular weight excluding hydrogens is 214 g/mol. The average molecular weight is 229 g/mol. The zero-order valence-corrected chi connectivity index (χ0v) is 9.88. The minimum atomic E-state index is 0.451. The molecule has 0 saturated carbocycles. The van der Waals surface area contributed by atoms with E-state index in [-0.39, 0.29) is 0 Å². The van der Waals surface area contributed by atoms with E-state index in [1.54, 1.807) is 6.07 Å². The molecule has 0 radical (unpaired) electrons. The van der Waals surface area contributed by atoms with Crippen LogP contribution < -0.4 is 16.0 Å². The summed E-state index contributed by atoms with van der Waals surface area (Å²) in [6.07, 6.45) is 1.44. The van der Waals surface area contributed by atoms with Crippen LogP contribution in [0, 0.1) is 0 Å². The van der Waals surface area contributed by atoms with Crippen molar-refractivity contribution in [2.75, 3.05) is 30.0 Å². The lowest BCUT2D eigenvalue weighted by atomic mass is 10.2. The summed E-state index contributed by atoms with van der Waals surface area (Å²) in [5.74, 6) is 1.14. The molecule has 3 N–H and O–H groups in total. The van der Waals surface area contributed by atoms with Gasteiger partial charge in [-0.05, 0) is 24.3 Å². The zero-order valence-electron chi connectivity index (χ0n) is 9.88. The van der Waals surface area contributed by atoms with Gasteiger partial charge in [-0.25, -0.2) is 9.97 Å². The predicted molar refractivity (Wildman–Crippen MR) is 70.5 cm³/mol. The highest BCUT2D eigenvalue weighted by Gasteiger charge is 1.98. The number of hydrogen-bond acceptors (Lipinski definition) is 5. The molecule has 0 aliphatic rings. The number of rotatable bonds is 3. The van der Waals surface area contributed by atoms with Crippen LogP contribution in [0.4, 0.5) is 23.0 Å². The number of nitrogens with one attached hydrogen (secondary N) is 1. The summed E-state index contributed by atoms with van der Waals surface area (Å²) in [5.41, 5.74) is 7.70. The van der Waals surface area contributed by atoms with E-state index in [1.165, 1.54) is 6.33 Å². The third-order valence-corrected chi connectivity index (χ3v) is 2.34. The molecule has 0 bridgehead atoms. The van der Waals surface area contributed by atoms with Crippen LogP contribution in [0.3, 0.4) is 0 Å². The molecule has 0 unspecified atom stereocenters. The Hall–Kier alpha value is -2.30. The number of nitrogens with zero attached hydrogens (tertiary/aromatic N) is 3. The molecule has 5 heteroatoms. The SMILES string of the molecule is CN(C)c1ccc(Nc2cc(N)ncn2)cc1. The molecule has 1 aromatic heterocycles. The van der Waals surface area contributed by atoms with Crippen LogP contribution in [0.5, 0.6) is 0 Å². The van der Waals surface area contributed by atoms with Crippen molar-refractivity contribution in [2.45, 2.75) is 0 Å². The molecule has 0 atom stereocenters. The lowest BCUT2D eigenvalue weighted by Gasteiger charge is -2.13. The van der Waals surface area contributed by atoms with Crippen LogP contribution in [-0.2, 0) is 0 Å². The molecule has 5 nitrogen and oxygen atoms in total. The van der Waals surface area contributed by atoms with Gasteiger partial charge >= 0.3 is 0 Å². The molecule has 2 aromatic rings. The van der Waals surface area contributed by atoms with Gasteiger partial charge < -0.3 is 16.0 Å². The molecule has 0 saturated heterocycles. The summed E-state index contributed by atoms with van der Waals surface area (Å²) in [5, 5.41) is 3.16. The second-order valence-corrected chi connectivity index (χ2v) is 3.89. The van der Waals surface area contributed by atoms with Crippen molar-refractivity contribution in [3.05, 3.63) is 36.7 Å². The first-order valence-electron chi connectivity index (χ1n) is 5.27. The highest BCUT2D eigenvalue weighted by Crippen LogP contribution is 2.19. The van der Waals surface area contributed by atoms with Crippen LogP contribution in [0.15, 0.2) is 36.7 Å². The molecular formula is C12H15N5. The van der Waals surface area contributed by atoms with Crippen molar-refractivity contribution < 1.29 is 0 Å². The maximum atomic E-state index is 5.58. The summed E-state index contributed by atoms with van der Waals surface area (Å²) >= 11 is 0. The van der Waals surface area contributed by atoms with Gasteiger partial charge in [-0.15, -0.1) is 0 Å². The molecule has 0 amide bonds. The van der Waals surface area contributed by atoms with Crippen LogP contribution in [-0.4, -0.2) is 24.1 Å². The summed E-state index contributed by atoms with van der Waals surface area (Å²) in [6.45, 7) is 0. The smallest absolute Gasteiger partial charge is 0.135 e. The number of hydrogen-bond donors (Lipinski definition) is 2. The van der Waals surface area contributed by atoms with E-state index in [2.05, 4.69) is 15.3 Å². The Morgan fingerprint density at radius 2 is 1.82 bits per heavy atom. The van der Waals surface area contributed by atoms with Crippen molar-refractivity contribution in [3.8, 4) is 0 Å². The Bertz CT molecular complexity index is 493. The highest BCUT2D eigenvalue weighted by atomic mass is 15.1. The zero-order chi connectivity index (χ0) is 12.3. The number of aromatic nitrogens is 2. The van der Waals surface area contributed by atoms with E-state index >= 15 is 0 Å². The lowest BCUT2D eigenvalue weighted by molar-refractivity contribution is 1.13. The van der Waals surface area contributed by atoms with Gasteiger partial charge in [0.05, 0.1) is 0 Å². The molecule has 17 heavy (non-hydrogen) atoms. The number of benzene rings is 1. The molecule has 1 heterocycles. The maximum Gasteiger partial charge on any atom is 0.135 e. The Kier molecular flexibility index (Phi) is 3.09. The quantitative estimate of drug-likeness (QED) is 0.841. The van der Waals surface area contributed by atoms with Gasteiger partial charge in [0.1, 0.15) is 18.0 Å². The molecule has 0 fully saturated rings. The molecule has 0 aliphatic heterocycles. The van der Waals surface area contributed by atoms with Gasteiger partial charge in [0.2, 0.25) is 0 Å². The maximum absolute atomic E-state index is 5.58. The molecule has 0 spiro atoms. The van der Waals surface area contributed by atoms with Crippen LogP contribution in [0.25, 0.3) is 0 Å². The second-order valence-electron chi connectivity index (χ2n) is 3.89. The van der Waals surface area contributed by atoms with Crippen molar-refractivity contribution in [1.82, 2.24) is 9.97 Å². The Labute approximate surface area is 100 Å². The Morgan fingerprint density at radius 3 is 2.41 bits per heavy atom.